The Labute approximate surface area is 115 Å². The van der Waals surface area contributed by atoms with E-state index in [1.807, 2.05) is 0 Å². The second-order valence-electron chi connectivity index (χ2n) is 4.12. The zero-order chi connectivity index (χ0) is 14.5. The number of aromatic nitrogens is 1. The molecule has 0 aliphatic heterocycles. The van der Waals surface area contributed by atoms with Crippen LogP contribution in [0.1, 0.15) is 11.3 Å². The van der Waals surface area contributed by atoms with Crippen molar-refractivity contribution in [2.75, 3.05) is 5.32 Å². The molecule has 0 saturated heterocycles. The smallest absolute Gasteiger partial charge is 0.249 e. The summed E-state index contributed by atoms with van der Waals surface area (Å²) in [7, 11) is 0. The number of halogens is 2. The van der Waals surface area contributed by atoms with Crippen LogP contribution in [-0.4, -0.2) is 10.9 Å². The van der Waals surface area contributed by atoms with Gasteiger partial charge in [-0.1, -0.05) is 12.1 Å². The molecule has 0 fully saturated rings. The van der Waals surface area contributed by atoms with E-state index >= 15 is 0 Å². The lowest BCUT2D eigenvalue weighted by molar-refractivity contribution is -0.111. The number of rotatable bonds is 3. The van der Waals surface area contributed by atoms with Crippen molar-refractivity contribution in [3.05, 3.63) is 65.4 Å². The van der Waals surface area contributed by atoms with E-state index in [1.54, 1.807) is 25.1 Å². The van der Waals surface area contributed by atoms with Crippen molar-refractivity contribution in [3.8, 4) is 0 Å². The molecule has 0 radical (unpaired) electrons. The topological polar surface area (TPSA) is 42.0 Å². The molecule has 1 heterocycles. The molecule has 1 aromatic carbocycles. The van der Waals surface area contributed by atoms with Crippen LogP contribution in [0.3, 0.4) is 0 Å². The fourth-order valence-electron chi connectivity index (χ4n) is 1.61. The number of benzene rings is 1. The standard InChI is InChI=1S/C15H12F2N2O/c1-10-4-2-7-14(18-10)19-15(20)9-8-11-12(16)5-3-6-13(11)17/h2-9H,1H3,(H,18,19,20)/b9-8+. The van der Waals surface area contributed by atoms with Gasteiger partial charge in [-0.15, -0.1) is 0 Å². The number of hydrogen-bond acceptors (Lipinski definition) is 2. The molecule has 0 saturated carbocycles. The van der Waals surface area contributed by atoms with Crippen molar-refractivity contribution in [1.29, 1.82) is 0 Å². The molecule has 0 aliphatic carbocycles. The summed E-state index contributed by atoms with van der Waals surface area (Å²) in [5.41, 5.74) is 0.506. The molecule has 0 spiro atoms. The Morgan fingerprint density at radius 1 is 1.15 bits per heavy atom. The van der Waals surface area contributed by atoms with Gasteiger partial charge in [0.05, 0.1) is 0 Å². The molecule has 0 bridgehead atoms. The Kier molecular flexibility index (Phi) is 4.20. The van der Waals surface area contributed by atoms with Crippen molar-refractivity contribution in [2.24, 2.45) is 0 Å². The van der Waals surface area contributed by atoms with E-state index in [1.165, 1.54) is 6.07 Å². The maximum atomic E-state index is 13.3. The number of carbonyl (C=O) groups is 1. The molecule has 102 valence electrons. The quantitative estimate of drug-likeness (QED) is 0.872. The second-order valence-corrected chi connectivity index (χ2v) is 4.12. The molecule has 2 rings (SSSR count). The number of hydrogen-bond donors (Lipinski definition) is 1. The van der Waals surface area contributed by atoms with E-state index in [9.17, 15) is 13.6 Å². The van der Waals surface area contributed by atoms with E-state index < -0.39 is 17.5 Å². The van der Waals surface area contributed by atoms with Crippen LogP contribution >= 0.6 is 0 Å². The molecular formula is C15H12F2N2O. The van der Waals surface area contributed by atoms with Crippen LogP contribution in [0, 0.1) is 18.6 Å². The third-order valence-corrected chi connectivity index (χ3v) is 2.54. The van der Waals surface area contributed by atoms with Gasteiger partial charge in [0.15, 0.2) is 0 Å². The number of carbonyl (C=O) groups excluding carboxylic acids is 1. The number of nitrogens with zero attached hydrogens (tertiary/aromatic N) is 1. The molecule has 1 N–H and O–H groups in total. The van der Waals surface area contributed by atoms with Gasteiger partial charge in [0.1, 0.15) is 17.5 Å². The van der Waals surface area contributed by atoms with Gasteiger partial charge in [0.25, 0.3) is 0 Å². The first kappa shape index (κ1) is 13.9. The maximum Gasteiger partial charge on any atom is 0.249 e. The Balaban J connectivity index is 2.10. The largest absolute Gasteiger partial charge is 0.307 e. The summed E-state index contributed by atoms with van der Waals surface area (Å²) < 4.78 is 26.7. The highest BCUT2D eigenvalue weighted by Gasteiger charge is 2.05. The van der Waals surface area contributed by atoms with E-state index in [4.69, 9.17) is 0 Å². The molecule has 20 heavy (non-hydrogen) atoms. The molecule has 0 aliphatic rings. The average Bonchev–Trinajstić information content (AvgIpc) is 2.38. The van der Waals surface area contributed by atoms with Gasteiger partial charge in [0, 0.05) is 17.3 Å². The Morgan fingerprint density at radius 2 is 1.80 bits per heavy atom. The van der Waals surface area contributed by atoms with E-state index in [0.29, 0.717) is 5.82 Å². The molecule has 0 atom stereocenters. The van der Waals surface area contributed by atoms with Crippen molar-refractivity contribution in [1.82, 2.24) is 4.98 Å². The Bertz CT molecular complexity index is 648. The summed E-state index contributed by atoms with van der Waals surface area (Å²) in [6.45, 7) is 1.79. The predicted octanol–water partition coefficient (Wildman–Crippen LogP) is 3.32. The SMILES string of the molecule is Cc1cccc(NC(=O)/C=C/c2c(F)cccc2F)n1. The van der Waals surface area contributed by atoms with Gasteiger partial charge in [-0.2, -0.15) is 0 Å². The number of aryl methyl sites for hydroxylation is 1. The van der Waals surface area contributed by atoms with Crippen molar-refractivity contribution in [3.63, 3.8) is 0 Å². The molecule has 1 amide bonds. The lowest BCUT2D eigenvalue weighted by atomic mass is 10.2. The molecule has 5 heteroatoms. The van der Waals surface area contributed by atoms with Crippen molar-refractivity contribution >= 4 is 17.8 Å². The number of amides is 1. The molecular weight excluding hydrogens is 262 g/mol. The molecule has 0 unspecified atom stereocenters. The van der Waals surface area contributed by atoms with Crippen molar-refractivity contribution < 1.29 is 13.6 Å². The minimum Gasteiger partial charge on any atom is -0.307 e. The summed E-state index contributed by atoms with van der Waals surface area (Å²) in [6, 6.07) is 8.69. The first-order valence-electron chi connectivity index (χ1n) is 5.93. The third kappa shape index (κ3) is 3.47. The van der Waals surface area contributed by atoms with E-state index in [0.717, 1.165) is 30.0 Å². The monoisotopic (exact) mass is 274 g/mol. The van der Waals surface area contributed by atoms with Gasteiger partial charge in [-0.3, -0.25) is 4.79 Å². The highest BCUT2D eigenvalue weighted by atomic mass is 19.1. The minimum atomic E-state index is -0.720. The zero-order valence-electron chi connectivity index (χ0n) is 10.7. The fourth-order valence-corrected chi connectivity index (χ4v) is 1.61. The van der Waals surface area contributed by atoms with Gasteiger partial charge < -0.3 is 5.32 Å². The molecule has 2 aromatic rings. The fraction of sp³-hybridized carbons (Fsp3) is 0.0667. The maximum absolute atomic E-state index is 13.3. The highest BCUT2D eigenvalue weighted by Crippen LogP contribution is 2.13. The van der Waals surface area contributed by atoms with Crippen LogP contribution in [0.5, 0.6) is 0 Å². The average molecular weight is 274 g/mol. The lowest BCUT2D eigenvalue weighted by Crippen LogP contribution is -2.09. The summed E-state index contributed by atoms with van der Waals surface area (Å²) in [6.07, 6.45) is 2.15. The van der Waals surface area contributed by atoms with Crippen LogP contribution in [0.2, 0.25) is 0 Å². The van der Waals surface area contributed by atoms with Crippen LogP contribution in [0.4, 0.5) is 14.6 Å². The summed E-state index contributed by atoms with van der Waals surface area (Å²) in [4.78, 5) is 15.7. The van der Waals surface area contributed by atoms with Crippen LogP contribution in [-0.2, 0) is 4.79 Å². The lowest BCUT2D eigenvalue weighted by Gasteiger charge is -2.02. The van der Waals surface area contributed by atoms with Crippen LogP contribution < -0.4 is 5.32 Å². The minimum absolute atomic E-state index is 0.250. The normalized spacial score (nSPS) is 10.8. The van der Waals surface area contributed by atoms with E-state index in [-0.39, 0.29) is 5.56 Å². The number of nitrogens with one attached hydrogen (secondary N) is 1. The highest BCUT2D eigenvalue weighted by molar-refractivity contribution is 6.01. The third-order valence-electron chi connectivity index (χ3n) is 2.54. The van der Waals surface area contributed by atoms with Crippen LogP contribution in [0.15, 0.2) is 42.5 Å². The van der Waals surface area contributed by atoms with E-state index in [2.05, 4.69) is 10.3 Å². The second kappa shape index (κ2) is 6.06. The summed E-state index contributed by atoms with van der Waals surface area (Å²) in [5.74, 6) is -1.56. The van der Waals surface area contributed by atoms with Gasteiger partial charge in [-0.25, -0.2) is 13.8 Å². The number of pyridine rings is 1. The Morgan fingerprint density at radius 3 is 2.45 bits per heavy atom. The van der Waals surface area contributed by atoms with Gasteiger partial charge >= 0.3 is 0 Å². The summed E-state index contributed by atoms with van der Waals surface area (Å²) >= 11 is 0. The zero-order valence-corrected chi connectivity index (χ0v) is 10.7. The van der Waals surface area contributed by atoms with Gasteiger partial charge in [-0.05, 0) is 37.3 Å². The number of anilines is 1. The van der Waals surface area contributed by atoms with Crippen molar-refractivity contribution in [2.45, 2.75) is 6.92 Å². The van der Waals surface area contributed by atoms with Gasteiger partial charge in [0.2, 0.25) is 5.91 Å². The summed E-state index contributed by atoms with van der Waals surface area (Å²) in [5, 5.41) is 2.51. The predicted molar refractivity (Wildman–Crippen MR) is 73.0 cm³/mol. The molecule has 3 nitrogen and oxygen atoms in total. The van der Waals surface area contributed by atoms with Crippen LogP contribution in [0.25, 0.3) is 6.08 Å². The Hall–Kier alpha value is -2.56. The first-order chi connectivity index (χ1) is 9.56. The first-order valence-corrected chi connectivity index (χ1v) is 5.93. The molecule has 1 aromatic heterocycles.